The second-order valence-electron chi connectivity index (χ2n) is 9.42. The molecule has 0 bridgehead atoms. The molecule has 2 aliphatic heterocycles. The first-order chi connectivity index (χ1) is 19.2. The number of hydrogen-bond acceptors (Lipinski definition) is 6. The Bertz CT molecular complexity index is 1470. The first-order valence-electron chi connectivity index (χ1n) is 12.9. The molecule has 4 heterocycles. The predicted molar refractivity (Wildman–Crippen MR) is 155 cm³/mol. The number of morpholine rings is 1. The Morgan fingerprint density at radius 3 is 2.46 bits per heavy atom. The van der Waals surface area contributed by atoms with E-state index < -0.39 is 0 Å². The van der Waals surface area contributed by atoms with Gasteiger partial charge in [-0.3, -0.25) is 4.98 Å². The van der Waals surface area contributed by atoms with Gasteiger partial charge in [0.05, 0.1) is 43.3 Å². The third-order valence-electron chi connectivity index (χ3n) is 7.25. The molecule has 1 N–H and O–H groups in total. The van der Waals surface area contributed by atoms with E-state index in [1.54, 1.807) is 12.3 Å². The van der Waals surface area contributed by atoms with Crippen LogP contribution >= 0.6 is 12.2 Å². The Morgan fingerprint density at radius 2 is 1.72 bits per heavy atom. The van der Waals surface area contributed by atoms with Crippen LogP contribution in [0.2, 0.25) is 0 Å². The van der Waals surface area contributed by atoms with Gasteiger partial charge in [0.2, 0.25) is 0 Å². The largest absolute Gasteiger partial charge is 0.465 e. The van der Waals surface area contributed by atoms with Crippen molar-refractivity contribution < 1.29 is 14.3 Å². The molecule has 0 saturated carbocycles. The lowest BCUT2D eigenvalue weighted by Gasteiger charge is -2.31. The quantitative estimate of drug-likeness (QED) is 0.280. The van der Waals surface area contributed by atoms with Crippen LogP contribution in [0.15, 0.2) is 91.3 Å². The van der Waals surface area contributed by atoms with Crippen LogP contribution in [0.5, 0.6) is 0 Å². The first-order valence-corrected chi connectivity index (χ1v) is 13.3. The van der Waals surface area contributed by atoms with Crippen LogP contribution in [0.25, 0.3) is 5.69 Å². The summed E-state index contributed by atoms with van der Waals surface area (Å²) in [6.07, 6.45) is 3.76. The molecular formula is C30H29N5O3S. The summed E-state index contributed by atoms with van der Waals surface area (Å²) in [6, 6.07) is 25.5. The third kappa shape index (κ3) is 4.75. The van der Waals surface area contributed by atoms with Crippen molar-refractivity contribution in [2.75, 3.05) is 43.2 Å². The average molecular weight is 540 g/mol. The molecule has 6 rings (SSSR count). The fraction of sp³-hybridized carbons (Fsp3) is 0.233. The Hall–Kier alpha value is -4.21. The zero-order valence-corrected chi connectivity index (χ0v) is 22.4. The molecule has 2 saturated heterocycles. The molecule has 2 unspecified atom stereocenters. The van der Waals surface area contributed by atoms with Crippen molar-refractivity contribution in [2.45, 2.75) is 12.1 Å². The molecule has 8 nitrogen and oxygen atoms in total. The first kappa shape index (κ1) is 25.1. The maximum absolute atomic E-state index is 12.6. The fourth-order valence-corrected chi connectivity index (χ4v) is 5.75. The molecule has 0 amide bonds. The third-order valence-corrected chi connectivity index (χ3v) is 7.57. The van der Waals surface area contributed by atoms with Crippen molar-refractivity contribution in [2.24, 2.45) is 0 Å². The van der Waals surface area contributed by atoms with E-state index in [1.165, 1.54) is 7.11 Å². The molecule has 39 heavy (non-hydrogen) atoms. The van der Waals surface area contributed by atoms with Gasteiger partial charge in [-0.15, -0.1) is 0 Å². The highest BCUT2D eigenvalue weighted by molar-refractivity contribution is 7.80. The number of hydrogen-bond donors (Lipinski definition) is 1. The molecule has 2 aromatic carbocycles. The van der Waals surface area contributed by atoms with Crippen LogP contribution in [-0.2, 0) is 9.47 Å². The summed E-state index contributed by atoms with van der Waals surface area (Å²) < 4.78 is 12.6. The van der Waals surface area contributed by atoms with Gasteiger partial charge in [0, 0.05) is 42.6 Å². The standard InChI is InChI=1S/C30H29N5O3S/c1-37-29(36)23-7-2-3-9-25(23)34-16-6-10-26(34)28-27(24-8-4-5-15-31-24)32-30(39)35(28)22-13-11-21(12-14-22)33-17-19-38-20-18-33/h2-16,27-28H,17-20H2,1H3,(H,32,39). The van der Waals surface area contributed by atoms with E-state index in [1.807, 2.05) is 53.2 Å². The number of para-hydroxylation sites is 1. The van der Waals surface area contributed by atoms with Crippen molar-refractivity contribution in [1.82, 2.24) is 14.9 Å². The number of carbonyl (C=O) groups excluding carboxylic acids is 1. The van der Waals surface area contributed by atoms with Gasteiger partial charge in [-0.25, -0.2) is 4.79 Å². The fourth-order valence-electron chi connectivity index (χ4n) is 5.40. The van der Waals surface area contributed by atoms with E-state index in [9.17, 15) is 4.79 Å². The molecule has 2 aliphatic rings. The highest BCUT2D eigenvalue weighted by Gasteiger charge is 2.42. The summed E-state index contributed by atoms with van der Waals surface area (Å²) in [5.41, 5.74) is 5.21. The van der Waals surface area contributed by atoms with Crippen molar-refractivity contribution in [3.05, 3.63) is 108 Å². The SMILES string of the molecule is COC(=O)c1ccccc1-n1cccc1C1C(c2ccccn2)NC(=S)N1c1ccc(N2CCOCC2)cc1. The van der Waals surface area contributed by atoms with Crippen molar-refractivity contribution in [1.29, 1.82) is 0 Å². The van der Waals surface area contributed by atoms with E-state index in [0.29, 0.717) is 10.7 Å². The van der Waals surface area contributed by atoms with E-state index >= 15 is 0 Å². The van der Waals surface area contributed by atoms with E-state index in [2.05, 4.69) is 50.4 Å². The lowest BCUT2D eigenvalue weighted by Crippen LogP contribution is -2.36. The number of rotatable bonds is 6. The van der Waals surface area contributed by atoms with Crippen molar-refractivity contribution >= 4 is 34.7 Å². The Labute approximate surface area is 232 Å². The number of nitrogens with one attached hydrogen (secondary N) is 1. The minimum atomic E-state index is -0.387. The molecule has 0 radical (unpaired) electrons. The van der Waals surface area contributed by atoms with Gasteiger partial charge in [0.15, 0.2) is 5.11 Å². The molecule has 2 fully saturated rings. The lowest BCUT2D eigenvalue weighted by molar-refractivity contribution is 0.0600. The van der Waals surface area contributed by atoms with Gasteiger partial charge >= 0.3 is 5.97 Å². The predicted octanol–water partition coefficient (Wildman–Crippen LogP) is 4.67. The van der Waals surface area contributed by atoms with Gasteiger partial charge in [-0.05, 0) is 72.9 Å². The monoisotopic (exact) mass is 539 g/mol. The second kappa shape index (κ2) is 10.9. The number of anilines is 2. The topological polar surface area (TPSA) is 71.9 Å². The van der Waals surface area contributed by atoms with Crippen LogP contribution in [0.1, 0.15) is 33.8 Å². The number of pyridine rings is 1. The van der Waals surface area contributed by atoms with Gasteiger partial charge < -0.3 is 29.2 Å². The molecule has 2 atom stereocenters. The van der Waals surface area contributed by atoms with Gasteiger partial charge in [-0.1, -0.05) is 18.2 Å². The number of thiocarbonyl (C=S) groups is 1. The minimum absolute atomic E-state index is 0.212. The zero-order chi connectivity index (χ0) is 26.8. The molecule has 198 valence electrons. The lowest BCUT2D eigenvalue weighted by atomic mass is 10.0. The summed E-state index contributed by atoms with van der Waals surface area (Å²) in [4.78, 5) is 21.8. The van der Waals surface area contributed by atoms with Gasteiger partial charge in [0.25, 0.3) is 0 Å². The Morgan fingerprint density at radius 1 is 0.974 bits per heavy atom. The molecule has 0 spiro atoms. The Balaban J connectivity index is 1.44. The van der Waals surface area contributed by atoms with Crippen LogP contribution in [0.4, 0.5) is 11.4 Å². The number of nitrogens with zero attached hydrogens (tertiary/aromatic N) is 4. The van der Waals surface area contributed by atoms with Crippen LogP contribution in [0, 0.1) is 0 Å². The van der Waals surface area contributed by atoms with Crippen molar-refractivity contribution in [3.8, 4) is 5.69 Å². The number of carbonyl (C=O) groups is 1. The summed E-state index contributed by atoms with van der Waals surface area (Å²) in [7, 11) is 1.40. The maximum Gasteiger partial charge on any atom is 0.339 e. The molecular weight excluding hydrogens is 510 g/mol. The number of ether oxygens (including phenoxy) is 2. The Kier molecular flexibility index (Phi) is 7.00. The summed E-state index contributed by atoms with van der Waals surface area (Å²) >= 11 is 5.93. The van der Waals surface area contributed by atoms with Crippen LogP contribution in [0.3, 0.4) is 0 Å². The summed E-state index contributed by atoms with van der Waals surface area (Å²) in [5, 5.41) is 4.14. The highest BCUT2D eigenvalue weighted by Crippen LogP contribution is 2.42. The van der Waals surface area contributed by atoms with Crippen LogP contribution < -0.4 is 15.1 Å². The number of benzene rings is 2. The number of aromatic nitrogens is 2. The zero-order valence-electron chi connectivity index (χ0n) is 21.6. The van der Waals surface area contributed by atoms with Gasteiger partial charge in [-0.2, -0.15) is 0 Å². The van der Waals surface area contributed by atoms with Gasteiger partial charge in [0.1, 0.15) is 6.04 Å². The van der Waals surface area contributed by atoms with Crippen molar-refractivity contribution in [3.63, 3.8) is 0 Å². The normalized spacial score (nSPS) is 19.2. The number of esters is 1. The average Bonchev–Trinajstić information content (AvgIpc) is 3.62. The summed E-state index contributed by atoms with van der Waals surface area (Å²) in [6.45, 7) is 3.22. The molecule has 2 aromatic heterocycles. The van der Waals surface area contributed by atoms with E-state index in [-0.39, 0.29) is 18.1 Å². The summed E-state index contributed by atoms with van der Waals surface area (Å²) in [5.74, 6) is -0.387. The minimum Gasteiger partial charge on any atom is -0.465 e. The molecule has 0 aliphatic carbocycles. The van der Waals surface area contributed by atoms with Crippen LogP contribution in [-0.4, -0.2) is 54.0 Å². The highest BCUT2D eigenvalue weighted by atomic mass is 32.1. The second-order valence-corrected chi connectivity index (χ2v) is 9.81. The smallest absolute Gasteiger partial charge is 0.339 e. The molecule has 4 aromatic rings. The number of methoxy groups -OCH3 is 1. The maximum atomic E-state index is 12.6. The van der Waals surface area contributed by atoms with E-state index in [0.717, 1.165) is 54.8 Å². The van der Waals surface area contributed by atoms with E-state index in [4.69, 9.17) is 21.7 Å². The molecule has 9 heteroatoms.